The van der Waals surface area contributed by atoms with Crippen molar-refractivity contribution in [2.24, 2.45) is 10.8 Å². The van der Waals surface area contributed by atoms with Crippen LogP contribution in [0.5, 0.6) is 0 Å². The number of nitrogens with one attached hydrogen (secondary N) is 1. The minimum atomic E-state index is -0.212. The Kier molecular flexibility index (Phi) is 4.24. The summed E-state index contributed by atoms with van der Waals surface area (Å²) in [6, 6.07) is 5.41. The van der Waals surface area contributed by atoms with Crippen LogP contribution in [0, 0.1) is 5.41 Å². The Bertz CT molecular complexity index is 338. The van der Waals surface area contributed by atoms with Gasteiger partial charge in [0.25, 0.3) is 0 Å². The third-order valence-electron chi connectivity index (χ3n) is 1.61. The van der Waals surface area contributed by atoms with Crippen molar-refractivity contribution in [1.29, 1.82) is 5.41 Å². The van der Waals surface area contributed by atoms with Gasteiger partial charge in [0.05, 0.1) is 25.1 Å². The molecular formula is C9H13N5O. The summed E-state index contributed by atoms with van der Waals surface area (Å²) in [6.07, 6.45) is 3.13. The first-order valence-electron chi connectivity index (χ1n) is 4.41. The second-order valence-electron chi connectivity index (χ2n) is 2.73. The van der Waals surface area contributed by atoms with Crippen LogP contribution in [0.25, 0.3) is 0 Å². The first kappa shape index (κ1) is 11.1. The number of hydrogen-bond donors (Lipinski definition) is 3. The smallest absolute Gasteiger partial charge is 0.209 e. The van der Waals surface area contributed by atoms with Gasteiger partial charge in [-0.05, 0) is 12.1 Å². The summed E-state index contributed by atoms with van der Waals surface area (Å²) in [7, 11) is 0. The van der Waals surface area contributed by atoms with Crippen LogP contribution in [-0.4, -0.2) is 40.4 Å². The molecule has 0 aromatic carbocycles. The number of aliphatic hydroxyl groups is 1. The van der Waals surface area contributed by atoms with E-state index in [0.717, 1.165) is 0 Å². The van der Waals surface area contributed by atoms with E-state index >= 15 is 0 Å². The van der Waals surface area contributed by atoms with Gasteiger partial charge in [-0.3, -0.25) is 10.4 Å². The number of nitrogens with zero attached hydrogens (tertiary/aromatic N) is 3. The van der Waals surface area contributed by atoms with E-state index in [1.54, 1.807) is 18.3 Å². The van der Waals surface area contributed by atoms with Crippen molar-refractivity contribution in [1.82, 2.24) is 9.99 Å². The van der Waals surface area contributed by atoms with Crippen molar-refractivity contribution in [3.8, 4) is 0 Å². The molecule has 0 aliphatic rings. The van der Waals surface area contributed by atoms with Gasteiger partial charge in [-0.1, -0.05) is 6.07 Å². The lowest BCUT2D eigenvalue weighted by Gasteiger charge is -2.14. The van der Waals surface area contributed by atoms with Gasteiger partial charge in [0.2, 0.25) is 5.96 Å². The summed E-state index contributed by atoms with van der Waals surface area (Å²) in [5.41, 5.74) is 5.92. The number of aromatic nitrogens is 1. The Hall–Kier alpha value is -1.95. The molecular weight excluding hydrogens is 194 g/mol. The molecule has 0 spiro atoms. The van der Waals surface area contributed by atoms with Crippen molar-refractivity contribution in [2.45, 2.75) is 0 Å². The molecule has 0 amide bonds. The highest BCUT2D eigenvalue weighted by molar-refractivity contribution is 5.80. The molecule has 0 saturated carbocycles. The predicted octanol–water partition coefficient (Wildman–Crippen LogP) is -0.397. The van der Waals surface area contributed by atoms with Gasteiger partial charge in [-0.15, -0.1) is 0 Å². The monoisotopic (exact) mass is 207 g/mol. The standard InChI is InChI=1S/C9H13N5O/c10-9(11)14(5-6-15)13-7-8-3-1-2-4-12-8/h1-4,7,15H,5-6H2,(H3,10,11)/b13-7+. The van der Waals surface area contributed by atoms with Crippen LogP contribution in [0.1, 0.15) is 5.69 Å². The van der Waals surface area contributed by atoms with Gasteiger partial charge < -0.3 is 10.8 Å². The van der Waals surface area contributed by atoms with E-state index in [1.807, 2.05) is 6.07 Å². The Morgan fingerprint density at radius 1 is 1.67 bits per heavy atom. The van der Waals surface area contributed by atoms with Gasteiger partial charge in [0.15, 0.2) is 0 Å². The molecule has 1 aromatic rings. The van der Waals surface area contributed by atoms with Crippen molar-refractivity contribution in [3.05, 3.63) is 30.1 Å². The number of rotatable bonds is 4. The van der Waals surface area contributed by atoms with Crippen LogP contribution < -0.4 is 5.73 Å². The fraction of sp³-hybridized carbons (Fsp3) is 0.222. The molecule has 1 rings (SSSR count). The first-order chi connectivity index (χ1) is 7.24. The molecule has 1 aromatic heterocycles. The lowest BCUT2D eigenvalue weighted by Crippen LogP contribution is -2.34. The average molecular weight is 207 g/mol. The van der Waals surface area contributed by atoms with Crippen LogP contribution >= 0.6 is 0 Å². The summed E-state index contributed by atoms with van der Waals surface area (Å²) in [5, 5.41) is 21.0. The number of pyridine rings is 1. The normalized spacial score (nSPS) is 10.5. The van der Waals surface area contributed by atoms with E-state index in [-0.39, 0.29) is 19.1 Å². The summed E-state index contributed by atoms with van der Waals surface area (Å²) in [4.78, 5) is 4.02. The van der Waals surface area contributed by atoms with Gasteiger partial charge in [-0.25, -0.2) is 5.01 Å². The second-order valence-corrected chi connectivity index (χ2v) is 2.73. The molecule has 6 heteroatoms. The topological polar surface area (TPSA) is 98.6 Å². The Morgan fingerprint density at radius 3 is 3.00 bits per heavy atom. The van der Waals surface area contributed by atoms with Gasteiger partial charge in [0, 0.05) is 6.20 Å². The molecule has 6 nitrogen and oxygen atoms in total. The molecule has 1 heterocycles. The van der Waals surface area contributed by atoms with Crippen molar-refractivity contribution in [3.63, 3.8) is 0 Å². The number of hydrogen-bond acceptors (Lipinski definition) is 4. The summed E-state index contributed by atoms with van der Waals surface area (Å²) < 4.78 is 0. The fourth-order valence-corrected chi connectivity index (χ4v) is 0.916. The SMILES string of the molecule is N=C(N)N(CCO)/N=C/c1ccccn1. The molecule has 0 radical (unpaired) electrons. The predicted molar refractivity (Wildman–Crippen MR) is 57.5 cm³/mol. The maximum absolute atomic E-state index is 8.70. The molecule has 0 saturated heterocycles. The van der Waals surface area contributed by atoms with Crippen LogP contribution in [0.15, 0.2) is 29.5 Å². The number of guanidine groups is 1. The van der Waals surface area contributed by atoms with E-state index < -0.39 is 0 Å². The van der Waals surface area contributed by atoms with E-state index in [4.69, 9.17) is 16.2 Å². The van der Waals surface area contributed by atoms with Crippen molar-refractivity contribution in [2.75, 3.05) is 13.2 Å². The fourth-order valence-electron chi connectivity index (χ4n) is 0.916. The highest BCUT2D eigenvalue weighted by Crippen LogP contribution is 1.91. The lowest BCUT2D eigenvalue weighted by molar-refractivity contribution is 0.252. The van der Waals surface area contributed by atoms with E-state index in [9.17, 15) is 0 Å². The van der Waals surface area contributed by atoms with Gasteiger partial charge in [0.1, 0.15) is 0 Å². The first-order valence-corrected chi connectivity index (χ1v) is 4.41. The zero-order chi connectivity index (χ0) is 11.1. The molecule has 0 bridgehead atoms. The largest absolute Gasteiger partial charge is 0.394 e. The quantitative estimate of drug-likeness (QED) is 0.355. The Morgan fingerprint density at radius 2 is 2.47 bits per heavy atom. The maximum atomic E-state index is 8.70. The highest BCUT2D eigenvalue weighted by Gasteiger charge is 2.01. The third kappa shape index (κ3) is 3.74. The van der Waals surface area contributed by atoms with Crippen LogP contribution in [0.2, 0.25) is 0 Å². The van der Waals surface area contributed by atoms with Crippen LogP contribution in [0.4, 0.5) is 0 Å². The van der Waals surface area contributed by atoms with Crippen molar-refractivity contribution < 1.29 is 5.11 Å². The minimum absolute atomic E-state index is 0.112. The minimum Gasteiger partial charge on any atom is -0.394 e. The van der Waals surface area contributed by atoms with E-state index in [2.05, 4.69) is 10.1 Å². The zero-order valence-electron chi connectivity index (χ0n) is 8.17. The van der Waals surface area contributed by atoms with Gasteiger partial charge >= 0.3 is 0 Å². The number of nitrogens with two attached hydrogens (primary N) is 1. The highest BCUT2D eigenvalue weighted by atomic mass is 16.3. The summed E-state index contributed by atoms with van der Waals surface area (Å²) in [6.45, 7) is 0.0812. The van der Waals surface area contributed by atoms with Gasteiger partial charge in [-0.2, -0.15) is 5.10 Å². The Balaban J connectivity index is 2.65. The van der Waals surface area contributed by atoms with Crippen LogP contribution in [-0.2, 0) is 0 Å². The molecule has 0 aliphatic carbocycles. The molecule has 0 aliphatic heterocycles. The number of aliphatic hydroxyl groups excluding tert-OH is 1. The summed E-state index contributed by atoms with van der Waals surface area (Å²) >= 11 is 0. The number of hydrazone groups is 1. The van der Waals surface area contributed by atoms with Crippen LogP contribution in [0.3, 0.4) is 0 Å². The molecule has 0 fully saturated rings. The Labute approximate surface area is 87.6 Å². The molecule has 4 N–H and O–H groups in total. The third-order valence-corrected chi connectivity index (χ3v) is 1.61. The molecule has 0 unspecified atom stereocenters. The maximum Gasteiger partial charge on any atom is 0.209 e. The zero-order valence-corrected chi connectivity index (χ0v) is 8.17. The molecule has 15 heavy (non-hydrogen) atoms. The van der Waals surface area contributed by atoms with E-state index in [0.29, 0.717) is 5.69 Å². The van der Waals surface area contributed by atoms with Crippen molar-refractivity contribution >= 4 is 12.2 Å². The molecule has 80 valence electrons. The molecule has 0 atom stereocenters. The average Bonchev–Trinajstić information content (AvgIpc) is 2.25. The lowest BCUT2D eigenvalue weighted by atomic mass is 10.4. The second kappa shape index (κ2) is 5.71. The van der Waals surface area contributed by atoms with E-state index in [1.165, 1.54) is 11.2 Å². The summed E-state index contributed by atoms with van der Waals surface area (Å²) in [5.74, 6) is -0.212.